The number of ether oxygens (including phenoxy) is 1. The largest absolute Gasteiger partial charge is 0.491 e. The Morgan fingerprint density at radius 3 is 2.63 bits per heavy atom. The molecule has 0 aromatic heterocycles. The van der Waals surface area contributed by atoms with Gasteiger partial charge in [-0.1, -0.05) is 24.3 Å². The third-order valence-corrected chi connectivity index (χ3v) is 4.78. The predicted molar refractivity (Wildman–Crippen MR) is 105 cm³/mol. The number of carbonyl (C=O) groups excluding carboxylic acids is 1. The second-order valence-electron chi connectivity index (χ2n) is 7.33. The number of rotatable bonds is 6. The van der Waals surface area contributed by atoms with E-state index in [1.807, 2.05) is 50.2 Å². The number of piperidine rings is 1. The van der Waals surface area contributed by atoms with Crippen LogP contribution in [0.15, 0.2) is 48.5 Å². The van der Waals surface area contributed by atoms with Gasteiger partial charge >= 0.3 is 0 Å². The average molecular weight is 370 g/mol. The summed E-state index contributed by atoms with van der Waals surface area (Å²) in [6.07, 6.45) is 1.65. The van der Waals surface area contributed by atoms with E-state index in [2.05, 4.69) is 10.2 Å². The van der Waals surface area contributed by atoms with E-state index in [0.717, 1.165) is 37.4 Å². The molecule has 1 aliphatic rings. The molecular formula is C22H27FN2O2. The minimum absolute atomic E-state index is 0.0171. The van der Waals surface area contributed by atoms with Crippen molar-refractivity contribution < 1.29 is 13.9 Å². The molecule has 0 atom stereocenters. The van der Waals surface area contributed by atoms with Crippen LogP contribution in [0.1, 0.15) is 32.3 Å². The zero-order valence-corrected chi connectivity index (χ0v) is 16.0. The minimum atomic E-state index is -0.166. The van der Waals surface area contributed by atoms with E-state index in [9.17, 15) is 9.18 Å². The van der Waals surface area contributed by atoms with E-state index in [-0.39, 0.29) is 23.7 Å². The third-order valence-electron chi connectivity index (χ3n) is 4.78. The quantitative estimate of drug-likeness (QED) is 0.816. The highest BCUT2D eigenvalue weighted by atomic mass is 19.1. The Hall–Kier alpha value is -2.40. The van der Waals surface area contributed by atoms with Gasteiger partial charge in [-0.25, -0.2) is 4.39 Å². The summed E-state index contributed by atoms with van der Waals surface area (Å²) in [6.45, 7) is 6.13. The molecule has 0 aliphatic carbocycles. The predicted octanol–water partition coefficient (Wildman–Crippen LogP) is 4.46. The molecule has 1 aliphatic heterocycles. The van der Waals surface area contributed by atoms with E-state index in [0.29, 0.717) is 12.1 Å². The zero-order chi connectivity index (χ0) is 19.2. The maximum Gasteiger partial charge on any atom is 0.227 e. The zero-order valence-electron chi connectivity index (χ0n) is 16.0. The monoisotopic (exact) mass is 370 g/mol. The molecule has 0 bridgehead atoms. The number of carbonyl (C=O) groups is 1. The molecule has 0 radical (unpaired) electrons. The van der Waals surface area contributed by atoms with Gasteiger partial charge < -0.3 is 10.1 Å². The molecule has 1 fully saturated rings. The molecule has 27 heavy (non-hydrogen) atoms. The van der Waals surface area contributed by atoms with E-state index in [4.69, 9.17) is 4.74 Å². The Morgan fingerprint density at radius 1 is 1.19 bits per heavy atom. The van der Waals surface area contributed by atoms with Crippen LogP contribution in [0.5, 0.6) is 5.75 Å². The molecule has 0 unspecified atom stereocenters. The Kier molecular flexibility index (Phi) is 6.45. The first-order chi connectivity index (χ1) is 13.0. The number of nitrogens with one attached hydrogen (secondary N) is 1. The molecule has 1 saturated heterocycles. The van der Waals surface area contributed by atoms with Gasteiger partial charge in [0.1, 0.15) is 11.6 Å². The molecule has 4 nitrogen and oxygen atoms in total. The highest BCUT2D eigenvalue weighted by Gasteiger charge is 2.25. The summed E-state index contributed by atoms with van der Waals surface area (Å²) < 4.78 is 19.5. The van der Waals surface area contributed by atoms with E-state index < -0.39 is 0 Å². The molecule has 5 heteroatoms. The highest BCUT2D eigenvalue weighted by Crippen LogP contribution is 2.23. The van der Waals surface area contributed by atoms with E-state index >= 15 is 0 Å². The van der Waals surface area contributed by atoms with Gasteiger partial charge in [-0.2, -0.15) is 0 Å². The Bertz CT molecular complexity index is 770. The fourth-order valence-corrected chi connectivity index (χ4v) is 3.38. The van der Waals surface area contributed by atoms with Crippen molar-refractivity contribution in [2.75, 3.05) is 18.4 Å². The lowest BCUT2D eigenvalue weighted by Crippen LogP contribution is -2.37. The van der Waals surface area contributed by atoms with Crippen molar-refractivity contribution in [2.24, 2.45) is 5.92 Å². The first-order valence-electron chi connectivity index (χ1n) is 9.54. The molecule has 0 spiro atoms. The molecular weight excluding hydrogens is 343 g/mol. The molecule has 2 aromatic rings. The van der Waals surface area contributed by atoms with Crippen LogP contribution >= 0.6 is 0 Å². The van der Waals surface area contributed by atoms with Crippen LogP contribution in [0.2, 0.25) is 0 Å². The summed E-state index contributed by atoms with van der Waals surface area (Å²) in [6, 6.07) is 14.4. The van der Waals surface area contributed by atoms with Crippen LogP contribution in [0.4, 0.5) is 10.1 Å². The molecule has 3 rings (SSSR count). The van der Waals surface area contributed by atoms with Crippen molar-refractivity contribution in [1.29, 1.82) is 0 Å². The number of hydrogen-bond acceptors (Lipinski definition) is 3. The first kappa shape index (κ1) is 19.4. The van der Waals surface area contributed by atoms with Crippen LogP contribution in [0.3, 0.4) is 0 Å². The first-order valence-corrected chi connectivity index (χ1v) is 9.54. The van der Waals surface area contributed by atoms with Crippen molar-refractivity contribution >= 4 is 11.6 Å². The molecule has 1 N–H and O–H groups in total. The van der Waals surface area contributed by atoms with Crippen molar-refractivity contribution in [3.05, 3.63) is 59.9 Å². The second-order valence-corrected chi connectivity index (χ2v) is 7.33. The van der Waals surface area contributed by atoms with Gasteiger partial charge in [0.2, 0.25) is 5.91 Å². The number of nitrogens with zero attached hydrogens (tertiary/aromatic N) is 1. The summed E-state index contributed by atoms with van der Waals surface area (Å²) in [5, 5.41) is 3.00. The lowest BCUT2D eigenvalue weighted by molar-refractivity contribution is -0.121. The van der Waals surface area contributed by atoms with Gasteiger partial charge in [-0.05, 0) is 58.0 Å². The smallest absolute Gasteiger partial charge is 0.227 e. The molecule has 1 amide bonds. The lowest BCUT2D eigenvalue weighted by Gasteiger charge is -2.31. The summed E-state index contributed by atoms with van der Waals surface area (Å²) in [5.74, 6) is 0.613. The van der Waals surface area contributed by atoms with Gasteiger partial charge in [0.05, 0.1) is 6.10 Å². The fourth-order valence-electron chi connectivity index (χ4n) is 3.38. The minimum Gasteiger partial charge on any atom is -0.491 e. The summed E-state index contributed by atoms with van der Waals surface area (Å²) in [7, 11) is 0. The Labute approximate surface area is 160 Å². The van der Waals surface area contributed by atoms with E-state index in [1.54, 1.807) is 6.07 Å². The van der Waals surface area contributed by atoms with Crippen molar-refractivity contribution in [2.45, 2.75) is 39.3 Å². The normalized spacial score (nSPS) is 15.7. The van der Waals surface area contributed by atoms with Crippen molar-refractivity contribution in [1.82, 2.24) is 4.90 Å². The maximum absolute atomic E-state index is 13.8. The van der Waals surface area contributed by atoms with Crippen molar-refractivity contribution in [3.63, 3.8) is 0 Å². The third kappa shape index (κ3) is 5.54. The number of likely N-dealkylation sites (tertiary alicyclic amines) is 1. The van der Waals surface area contributed by atoms with Crippen LogP contribution < -0.4 is 10.1 Å². The van der Waals surface area contributed by atoms with Gasteiger partial charge in [0.25, 0.3) is 0 Å². The topological polar surface area (TPSA) is 41.6 Å². The van der Waals surface area contributed by atoms with Crippen LogP contribution in [-0.4, -0.2) is 30.0 Å². The van der Waals surface area contributed by atoms with Gasteiger partial charge in [0, 0.05) is 29.8 Å². The van der Waals surface area contributed by atoms with Gasteiger partial charge in [0.15, 0.2) is 0 Å². The Balaban J connectivity index is 1.51. The fraction of sp³-hybridized carbons (Fsp3) is 0.409. The van der Waals surface area contributed by atoms with Crippen LogP contribution in [0.25, 0.3) is 0 Å². The molecule has 144 valence electrons. The number of hydrogen-bond donors (Lipinski definition) is 1. The Morgan fingerprint density at radius 2 is 1.93 bits per heavy atom. The number of halogens is 1. The number of amides is 1. The maximum atomic E-state index is 13.8. The SMILES string of the molecule is CC(C)Oc1cccc(NC(=O)C2CCN(Cc3ccccc3F)CC2)c1. The summed E-state index contributed by atoms with van der Waals surface area (Å²) in [5.41, 5.74) is 1.47. The number of benzene rings is 2. The highest BCUT2D eigenvalue weighted by molar-refractivity contribution is 5.92. The average Bonchev–Trinajstić information content (AvgIpc) is 2.64. The van der Waals surface area contributed by atoms with Gasteiger partial charge in [-0.3, -0.25) is 9.69 Å². The molecule has 1 heterocycles. The molecule has 2 aromatic carbocycles. The van der Waals surface area contributed by atoms with E-state index in [1.165, 1.54) is 6.07 Å². The molecule has 0 saturated carbocycles. The summed E-state index contributed by atoms with van der Waals surface area (Å²) in [4.78, 5) is 14.8. The van der Waals surface area contributed by atoms with Gasteiger partial charge in [-0.15, -0.1) is 0 Å². The number of anilines is 1. The van der Waals surface area contributed by atoms with Crippen molar-refractivity contribution in [3.8, 4) is 5.75 Å². The van der Waals surface area contributed by atoms with Crippen LogP contribution in [0, 0.1) is 11.7 Å². The van der Waals surface area contributed by atoms with Crippen LogP contribution in [-0.2, 0) is 11.3 Å². The second kappa shape index (κ2) is 9.00. The standard InChI is InChI=1S/C22H27FN2O2/c1-16(2)27-20-8-5-7-19(14-20)24-22(26)17-10-12-25(13-11-17)15-18-6-3-4-9-21(18)23/h3-9,14,16-17H,10-13,15H2,1-2H3,(H,24,26). The summed E-state index contributed by atoms with van der Waals surface area (Å²) >= 11 is 0. The lowest BCUT2D eigenvalue weighted by atomic mass is 9.95.